The summed E-state index contributed by atoms with van der Waals surface area (Å²) in [7, 11) is 0. The number of cyclic esters (lactones) is 1. The van der Waals surface area contributed by atoms with E-state index in [9.17, 15) is 30.0 Å². The molecule has 4 N–H and O–H groups in total. The van der Waals surface area contributed by atoms with E-state index < -0.39 is 48.1 Å². The smallest absolute Gasteiger partial charge is 0.309 e. The molecule has 1 saturated heterocycles. The molecule has 0 saturated carbocycles. The molecule has 2 aliphatic heterocycles. The van der Waals surface area contributed by atoms with Gasteiger partial charge in [-0.3, -0.25) is 9.59 Å². The first-order valence-corrected chi connectivity index (χ1v) is 13.9. The van der Waals surface area contributed by atoms with Crippen LogP contribution in [0.4, 0.5) is 0 Å². The van der Waals surface area contributed by atoms with E-state index in [4.69, 9.17) is 14.2 Å². The van der Waals surface area contributed by atoms with Gasteiger partial charge >= 0.3 is 11.9 Å². The average molecular weight is 553 g/mol. The Bertz CT molecular complexity index is 906. The lowest BCUT2D eigenvalue weighted by atomic mass is 9.88. The summed E-state index contributed by atoms with van der Waals surface area (Å²) < 4.78 is 16.9. The van der Waals surface area contributed by atoms with E-state index in [0.29, 0.717) is 0 Å². The van der Waals surface area contributed by atoms with Crippen LogP contribution in [0.25, 0.3) is 0 Å². The van der Waals surface area contributed by atoms with E-state index >= 15 is 0 Å². The summed E-state index contributed by atoms with van der Waals surface area (Å²) in [6.45, 7) is 12.1. The summed E-state index contributed by atoms with van der Waals surface area (Å²) >= 11 is 0. The van der Waals surface area contributed by atoms with E-state index in [1.165, 1.54) is 6.92 Å². The van der Waals surface area contributed by atoms with Crippen LogP contribution in [-0.4, -0.2) is 80.7 Å². The minimum atomic E-state index is -1.41. The zero-order chi connectivity index (χ0) is 29.5. The lowest BCUT2D eigenvalue weighted by Crippen LogP contribution is -2.42. The van der Waals surface area contributed by atoms with Gasteiger partial charge in [0, 0.05) is 18.8 Å². The van der Waals surface area contributed by atoms with Crippen molar-refractivity contribution in [3.05, 3.63) is 36.0 Å². The van der Waals surface area contributed by atoms with Gasteiger partial charge in [-0.2, -0.15) is 0 Å². The van der Waals surface area contributed by atoms with Gasteiger partial charge < -0.3 is 34.6 Å². The molecular weight excluding hydrogens is 504 g/mol. The van der Waals surface area contributed by atoms with Crippen LogP contribution in [0.2, 0.25) is 0 Å². The monoisotopic (exact) mass is 552 g/mol. The van der Waals surface area contributed by atoms with E-state index in [-0.39, 0.29) is 49.2 Å². The zero-order valence-corrected chi connectivity index (χ0v) is 24.3. The Kier molecular flexibility index (Phi) is 12.4. The van der Waals surface area contributed by atoms with Crippen LogP contribution in [0.1, 0.15) is 74.1 Å². The predicted molar refractivity (Wildman–Crippen MR) is 146 cm³/mol. The number of aliphatic hydroxyl groups is 4. The highest BCUT2D eigenvalue weighted by Gasteiger charge is 2.46. The van der Waals surface area contributed by atoms with Crippen molar-refractivity contribution >= 4 is 11.9 Å². The number of esters is 2. The Morgan fingerprint density at radius 1 is 1.23 bits per heavy atom. The van der Waals surface area contributed by atoms with Crippen LogP contribution in [0, 0.1) is 17.8 Å². The summed E-state index contributed by atoms with van der Waals surface area (Å²) in [6.07, 6.45) is 5.87. The van der Waals surface area contributed by atoms with Crippen LogP contribution >= 0.6 is 0 Å². The molecule has 9 heteroatoms. The highest BCUT2D eigenvalue weighted by molar-refractivity contribution is 5.70. The van der Waals surface area contributed by atoms with Gasteiger partial charge in [0.05, 0.1) is 36.9 Å². The summed E-state index contributed by atoms with van der Waals surface area (Å²) in [5.74, 6) is -1.32. The highest BCUT2D eigenvalue weighted by Crippen LogP contribution is 2.36. The Morgan fingerprint density at radius 2 is 1.90 bits per heavy atom. The van der Waals surface area contributed by atoms with Gasteiger partial charge in [-0.25, -0.2) is 0 Å². The van der Waals surface area contributed by atoms with E-state index in [1.807, 2.05) is 39.0 Å². The molecule has 0 aromatic heterocycles. The molecule has 39 heavy (non-hydrogen) atoms. The SMILES string of the molecule is CC(=O)OC1/C=C/C(C)C(/C(C)=C/C=C/C(C)CC2OC2C(C)C(O)C(C)O)OC(=O)CC(O)CCC1(C)O. The second-order valence-corrected chi connectivity index (χ2v) is 11.7. The van der Waals surface area contributed by atoms with Crippen molar-refractivity contribution in [1.29, 1.82) is 0 Å². The Morgan fingerprint density at radius 3 is 2.51 bits per heavy atom. The maximum atomic E-state index is 12.6. The molecule has 2 heterocycles. The van der Waals surface area contributed by atoms with Crippen molar-refractivity contribution in [3.8, 4) is 0 Å². The number of hydrogen-bond acceptors (Lipinski definition) is 9. The molecular formula is C30H48O9. The minimum Gasteiger partial charge on any atom is -0.457 e. The Hall–Kier alpha value is -2.04. The normalized spacial score (nSPS) is 36.6. The number of aliphatic hydroxyl groups excluding tert-OH is 3. The minimum absolute atomic E-state index is 0.0318. The molecule has 0 aliphatic carbocycles. The summed E-state index contributed by atoms with van der Waals surface area (Å²) in [5, 5.41) is 41.0. The van der Waals surface area contributed by atoms with Crippen LogP contribution in [0.3, 0.4) is 0 Å². The van der Waals surface area contributed by atoms with Gasteiger partial charge in [0.2, 0.25) is 0 Å². The van der Waals surface area contributed by atoms with E-state index in [2.05, 4.69) is 6.92 Å². The second-order valence-electron chi connectivity index (χ2n) is 11.7. The Labute approximate surface area is 232 Å². The summed E-state index contributed by atoms with van der Waals surface area (Å²) in [5.41, 5.74) is -0.623. The standard InChI is InChI=1S/C30H48O9/c1-17(15-24-29(38-24)20(4)27(35)21(5)31)9-8-10-18(2)28-19(3)11-12-25(37-22(6)32)30(7,36)14-13-23(33)16-26(34)39-28/h8-12,17,19-21,23-25,27-29,31,33,35-36H,13-16H2,1-7H3/b9-8+,12-11+,18-10+. The number of carbonyl (C=O) groups excluding carboxylic acids is 2. The number of rotatable bonds is 9. The third kappa shape index (κ3) is 10.5. The fourth-order valence-electron chi connectivity index (χ4n) is 5.01. The van der Waals surface area contributed by atoms with Gasteiger partial charge in [-0.15, -0.1) is 0 Å². The first-order chi connectivity index (χ1) is 18.1. The second kappa shape index (κ2) is 14.6. The van der Waals surface area contributed by atoms with Crippen molar-refractivity contribution in [2.24, 2.45) is 17.8 Å². The van der Waals surface area contributed by atoms with Gasteiger partial charge in [0.25, 0.3) is 0 Å². The van der Waals surface area contributed by atoms with Crippen LogP contribution < -0.4 is 0 Å². The quantitative estimate of drug-likeness (QED) is 0.147. The number of ether oxygens (including phenoxy) is 3. The van der Waals surface area contributed by atoms with Crippen molar-refractivity contribution in [1.82, 2.24) is 0 Å². The highest BCUT2D eigenvalue weighted by atomic mass is 16.6. The largest absolute Gasteiger partial charge is 0.457 e. The average Bonchev–Trinajstić information content (AvgIpc) is 3.60. The lowest BCUT2D eigenvalue weighted by Gasteiger charge is -2.32. The number of epoxide rings is 1. The van der Waals surface area contributed by atoms with Crippen molar-refractivity contribution in [2.75, 3.05) is 0 Å². The van der Waals surface area contributed by atoms with E-state index in [0.717, 1.165) is 12.0 Å². The third-order valence-corrected chi connectivity index (χ3v) is 7.64. The topological polar surface area (TPSA) is 146 Å². The van der Waals surface area contributed by atoms with Crippen LogP contribution in [0.15, 0.2) is 36.0 Å². The Balaban J connectivity index is 2.11. The molecule has 0 aromatic carbocycles. The molecule has 11 atom stereocenters. The molecule has 0 amide bonds. The number of hydrogen-bond donors (Lipinski definition) is 4. The first kappa shape index (κ1) is 33.2. The maximum absolute atomic E-state index is 12.6. The number of carbonyl (C=O) groups is 2. The van der Waals surface area contributed by atoms with Crippen molar-refractivity contribution in [2.45, 2.75) is 122 Å². The molecule has 222 valence electrons. The zero-order valence-electron chi connectivity index (χ0n) is 24.3. The van der Waals surface area contributed by atoms with Crippen LogP contribution in [0.5, 0.6) is 0 Å². The molecule has 0 bridgehead atoms. The fourth-order valence-corrected chi connectivity index (χ4v) is 5.01. The van der Waals surface area contributed by atoms with Crippen molar-refractivity contribution < 1.29 is 44.2 Å². The molecule has 0 radical (unpaired) electrons. The summed E-state index contributed by atoms with van der Waals surface area (Å²) in [6, 6.07) is 0. The van der Waals surface area contributed by atoms with Gasteiger partial charge in [-0.1, -0.05) is 45.1 Å². The third-order valence-electron chi connectivity index (χ3n) is 7.64. The van der Waals surface area contributed by atoms with E-state index in [1.54, 1.807) is 26.0 Å². The van der Waals surface area contributed by atoms with Gasteiger partial charge in [0.15, 0.2) is 0 Å². The molecule has 1 fully saturated rings. The van der Waals surface area contributed by atoms with Crippen LogP contribution in [-0.2, 0) is 23.8 Å². The predicted octanol–water partition coefficient (Wildman–Crippen LogP) is 2.99. The molecule has 9 nitrogen and oxygen atoms in total. The number of allylic oxidation sites excluding steroid dienone is 3. The van der Waals surface area contributed by atoms with Crippen molar-refractivity contribution in [3.63, 3.8) is 0 Å². The van der Waals surface area contributed by atoms with Gasteiger partial charge in [0.1, 0.15) is 17.8 Å². The maximum Gasteiger partial charge on any atom is 0.309 e. The fraction of sp³-hybridized carbons (Fsp3) is 0.733. The molecule has 11 unspecified atom stereocenters. The molecule has 0 spiro atoms. The first-order valence-electron chi connectivity index (χ1n) is 13.9. The summed E-state index contributed by atoms with van der Waals surface area (Å²) in [4.78, 5) is 24.3. The molecule has 2 aliphatic rings. The molecule has 2 rings (SSSR count). The lowest BCUT2D eigenvalue weighted by molar-refractivity contribution is -0.157. The molecule has 0 aromatic rings. The van der Waals surface area contributed by atoms with Gasteiger partial charge in [-0.05, 0) is 57.6 Å².